The van der Waals surface area contributed by atoms with E-state index in [4.69, 9.17) is 0 Å². The van der Waals surface area contributed by atoms with E-state index in [2.05, 4.69) is 9.97 Å². The highest BCUT2D eigenvalue weighted by Crippen LogP contribution is 2.29. The summed E-state index contributed by atoms with van der Waals surface area (Å²) in [5.74, 6) is -2.60. The van der Waals surface area contributed by atoms with Crippen LogP contribution in [-0.4, -0.2) is 49.4 Å². The van der Waals surface area contributed by atoms with Crippen molar-refractivity contribution >= 4 is 17.7 Å². The second kappa shape index (κ2) is 6.71. The van der Waals surface area contributed by atoms with Gasteiger partial charge in [0.25, 0.3) is 0 Å². The van der Waals surface area contributed by atoms with E-state index in [0.29, 0.717) is 24.9 Å². The Labute approximate surface area is 142 Å². The second-order valence-corrected chi connectivity index (χ2v) is 5.78. The number of carboxylic acids is 1. The van der Waals surface area contributed by atoms with Crippen molar-refractivity contribution in [2.24, 2.45) is 0 Å². The van der Waals surface area contributed by atoms with Gasteiger partial charge in [0.2, 0.25) is 11.7 Å². The highest BCUT2D eigenvalue weighted by atomic mass is 16.6. The number of H-pyrrole nitrogens is 1. The molecule has 2 N–H and O–H groups in total. The molecular formula is C16H16N4O5. The van der Waals surface area contributed by atoms with Gasteiger partial charge in [-0.3, -0.25) is 4.79 Å². The summed E-state index contributed by atoms with van der Waals surface area (Å²) < 4.78 is 0. The quantitative estimate of drug-likeness (QED) is 0.625. The number of hydrogen-bond acceptors (Lipinski definition) is 5. The van der Waals surface area contributed by atoms with Crippen LogP contribution < -0.4 is 0 Å². The predicted molar refractivity (Wildman–Crippen MR) is 85.9 cm³/mol. The molecule has 1 saturated heterocycles. The Balaban J connectivity index is 2.00. The lowest BCUT2D eigenvalue weighted by Gasteiger charge is -2.25. The molecule has 1 aromatic heterocycles. The molecule has 1 amide bonds. The molecule has 0 aliphatic carbocycles. The number of carbonyl (C=O) groups excluding carboxylic acids is 1. The van der Waals surface area contributed by atoms with Gasteiger partial charge in [-0.25, -0.2) is 14.8 Å². The van der Waals surface area contributed by atoms with Crippen molar-refractivity contribution in [3.05, 3.63) is 58.0 Å². The number of rotatable bonds is 5. The number of nitrogens with zero attached hydrogens (tertiary/aromatic N) is 3. The molecule has 1 aliphatic heterocycles. The molecule has 0 saturated carbocycles. The number of nitro groups is 1. The minimum absolute atomic E-state index is 0.124. The summed E-state index contributed by atoms with van der Waals surface area (Å²) in [6.45, 7) is 0.335. The van der Waals surface area contributed by atoms with Crippen LogP contribution in [0.25, 0.3) is 0 Å². The Kier molecular flexibility index (Phi) is 4.46. The lowest BCUT2D eigenvalue weighted by Crippen LogP contribution is -2.43. The Hall–Kier alpha value is -3.23. The molecule has 1 unspecified atom stereocenters. The van der Waals surface area contributed by atoms with E-state index in [1.807, 2.05) is 0 Å². The monoisotopic (exact) mass is 344 g/mol. The summed E-state index contributed by atoms with van der Waals surface area (Å²) in [6, 6.07) is 7.80. The van der Waals surface area contributed by atoms with Gasteiger partial charge in [-0.2, -0.15) is 0 Å². The number of carboxylic acid groups (broad SMARTS) is 1. The average molecular weight is 344 g/mol. The number of carbonyl (C=O) groups is 2. The van der Waals surface area contributed by atoms with Crippen molar-refractivity contribution in [3.8, 4) is 0 Å². The van der Waals surface area contributed by atoms with Crippen molar-refractivity contribution in [3.63, 3.8) is 0 Å². The molecule has 2 atom stereocenters. The van der Waals surface area contributed by atoms with Crippen LogP contribution in [0, 0.1) is 10.1 Å². The minimum Gasteiger partial charge on any atom is -0.480 e. The highest BCUT2D eigenvalue weighted by Gasteiger charge is 2.40. The smallest absolute Gasteiger partial charge is 0.340 e. The van der Waals surface area contributed by atoms with Crippen molar-refractivity contribution < 1.29 is 19.6 Å². The molecule has 0 radical (unpaired) electrons. The molecule has 130 valence electrons. The zero-order chi connectivity index (χ0) is 18.0. The molecule has 1 fully saturated rings. The van der Waals surface area contributed by atoms with Gasteiger partial charge in [0.1, 0.15) is 18.2 Å². The maximum Gasteiger partial charge on any atom is 0.340 e. The van der Waals surface area contributed by atoms with E-state index >= 15 is 0 Å². The van der Waals surface area contributed by atoms with Crippen molar-refractivity contribution in [2.45, 2.75) is 24.8 Å². The summed E-state index contributed by atoms with van der Waals surface area (Å²) in [5.41, 5.74) is 0.591. The van der Waals surface area contributed by atoms with Crippen LogP contribution in [-0.2, 0) is 9.59 Å². The largest absolute Gasteiger partial charge is 0.480 e. The fraction of sp³-hybridized carbons (Fsp3) is 0.312. The third kappa shape index (κ3) is 3.21. The topological polar surface area (TPSA) is 129 Å². The first-order chi connectivity index (χ1) is 12.0. The molecule has 1 aromatic carbocycles. The Morgan fingerprint density at radius 2 is 2.08 bits per heavy atom. The number of likely N-dealkylation sites (tertiary alicyclic amines) is 1. The highest BCUT2D eigenvalue weighted by molar-refractivity contribution is 5.90. The number of hydrogen-bond donors (Lipinski definition) is 2. The first-order valence-corrected chi connectivity index (χ1v) is 7.76. The summed E-state index contributed by atoms with van der Waals surface area (Å²) in [5, 5.41) is 20.2. The van der Waals surface area contributed by atoms with Crippen molar-refractivity contribution in [1.82, 2.24) is 14.9 Å². The fourth-order valence-corrected chi connectivity index (χ4v) is 3.08. The summed E-state index contributed by atoms with van der Waals surface area (Å²) in [6.07, 6.45) is 2.04. The number of aromatic nitrogens is 2. The molecular weight excluding hydrogens is 328 g/mol. The van der Waals surface area contributed by atoms with Gasteiger partial charge in [-0.05, 0) is 23.3 Å². The minimum atomic E-state index is -1.05. The van der Waals surface area contributed by atoms with E-state index in [-0.39, 0.29) is 11.6 Å². The standard InChI is InChI=1S/C16H16N4O5/c21-15(19-8-4-7-11(19)16(22)23)13(10-5-2-1-3-6-10)14-17-9-12(18-14)20(24)25/h1-3,5-6,9,11,13H,4,7-8H2,(H,17,18)(H,22,23)/t11-,13?/m0/s1. The zero-order valence-electron chi connectivity index (χ0n) is 13.2. The SMILES string of the molecule is O=C(O)[C@@H]1CCCN1C(=O)C(c1ccccc1)c1ncc([N+](=O)[O-])[nH]1. The third-order valence-electron chi connectivity index (χ3n) is 4.25. The van der Waals surface area contributed by atoms with Crippen LogP contribution in [0.3, 0.4) is 0 Å². The second-order valence-electron chi connectivity index (χ2n) is 5.78. The van der Waals surface area contributed by atoms with Gasteiger partial charge >= 0.3 is 11.8 Å². The van der Waals surface area contributed by atoms with Crippen LogP contribution >= 0.6 is 0 Å². The summed E-state index contributed by atoms with van der Waals surface area (Å²) in [4.78, 5) is 42.6. The Morgan fingerprint density at radius 3 is 2.68 bits per heavy atom. The van der Waals surface area contributed by atoms with E-state index in [1.165, 1.54) is 4.90 Å². The van der Waals surface area contributed by atoms with Gasteiger partial charge in [0, 0.05) is 6.54 Å². The molecule has 25 heavy (non-hydrogen) atoms. The summed E-state index contributed by atoms with van der Waals surface area (Å²) >= 11 is 0. The van der Waals surface area contributed by atoms with E-state index in [1.54, 1.807) is 30.3 Å². The maximum absolute atomic E-state index is 13.1. The van der Waals surface area contributed by atoms with Crippen molar-refractivity contribution in [1.29, 1.82) is 0 Å². The van der Waals surface area contributed by atoms with Crippen LogP contribution in [0.15, 0.2) is 36.5 Å². The average Bonchev–Trinajstić information content (AvgIpc) is 3.25. The van der Waals surface area contributed by atoms with E-state index in [0.717, 1.165) is 6.20 Å². The number of nitrogens with one attached hydrogen (secondary N) is 1. The first-order valence-electron chi connectivity index (χ1n) is 7.76. The van der Waals surface area contributed by atoms with E-state index < -0.39 is 28.8 Å². The Bertz CT molecular complexity index is 804. The number of amides is 1. The molecule has 3 rings (SSSR count). The number of aliphatic carboxylic acids is 1. The molecule has 0 bridgehead atoms. The lowest BCUT2D eigenvalue weighted by atomic mass is 9.96. The molecule has 9 nitrogen and oxygen atoms in total. The third-order valence-corrected chi connectivity index (χ3v) is 4.25. The molecule has 1 aliphatic rings. The van der Waals surface area contributed by atoms with Crippen LogP contribution in [0.5, 0.6) is 0 Å². The first kappa shape index (κ1) is 16.6. The maximum atomic E-state index is 13.1. The van der Waals surface area contributed by atoms with Crippen LogP contribution in [0.4, 0.5) is 5.82 Å². The fourth-order valence-electron chi connectivity index (χ4n) is 3.08. The molecule has 2 heterocycles. The number of imidazole rings is 1. The van der Waals surface area contributed by atoms with Crippen LogP contribution in [0.1, 0.15) is 30.1 Å². The van der Waals surface area contributed by atoms with Gasteiger partial charge in [0.05, 0.1) is 0 Å². The van der Waals surface area contributed by atoms with Crippen molar-refractivity contribution in [2.75, 3.05) is 6.54 Å². The van der Waals surface area contributed by atoms with Gasteiger partial charge in [-0.1, -0.05) is 30.3 Å². The van der Waals surface area contributed by atoms with Gasteiger partial charge in [0.15, 0.2) is 0 Å². The number of aromatic amines is 1. The number of benzene rings is 1. The molecule has 0 spiro atoms. The predicted octanol–water partition coefficient (Wildman–Crippen LogP) is 1.53. The Morgan fingerprint density at radius 1 is 1.36 bits per heavy atom. The van der Waals surface area contributed by atoms with Gasteiger partial charge in [-0.15, -0.1) is 0 Å². The summed E-state index contributed by atoms with van der Waals surface area (Å²) in [7, 11) is 0. The van der Waals surface area contributed by atoms with Gasteiger partial charge < -0.3 is 20.1 Å². The molecule has 9 heteroatoms. The normalized spacial score (nSPS) is 18.1. The lowest BCUT2D eigenvalue weighted by molar-refractivity contribution is -0.389. The zero-order valence-corrected chi connectivity index (χ0v) is 13.2. The van der Waals surface area contributed by atoms with Crippen LogP contribution in [0.2, 0.25) is 0 Å². The van der Waals surface area contributed by atoms with E-state index in [9.17, 15) is 24.8 Å². The molecule has 2 aromatic rings.